The van der Waals surface area contributed by atoms with Crippen molar-refractivity contribution < 1.29 is 13.2 Å². The molecule has 0 saturated heterocycles. The van der Waals surface area contributed by atoms with Crippen molar-refractivity contribution in [2.75, 3.05) is 22.9 Å². The van der Waals surface area contributed by atoms with Gasteiger partial charge in [0.15, 0.2) is 0 Å². The van der Waals surface area contributed by atoms with Gasteiger partial charge in [0.2, 0.25) is 10.0 Å². The lowest BCUT2D eigenvalue weighted by Gasteiger charge is -2.12. The number of sulfonamides is 1. The molecule has 0 bridgehead atoms. The van der Waals surface area contributed by atoms with Crippen molar-refractivity contribution in [2.45, 2.75) is 6.92 Å². The van der Waals surface area contributed by atoms with Gasteiger partial charge >= 0.3 is 0 Å². The Morgan fingerprint density at radius 2 is 1.73 bits per heavy atom. The zero-order valence-corrected chi connectivity index (χ0v) is 13.8. The minimum Gasteiger partial charge on any atom is -0.495 e. The first-order valence-corrected chi connectivity index (χ1v) is 8.67. The van der Waals surface area contributed by atoms with Crippen LogP contribution in [0.2, 0.25) is 5.02 Å². The fourth-order valence-electron chi connectivity index (χ4n) is 1.81. The van der Waals surface area contributed by atoms with Gasteiger partial charge in [-0.3, -0.25) is 4.72 Å². The third-order valence-corrected chi connectivity index (χ3v) is 4.52. The zero-order valence-electron chi connectivity index (χ0n) is 12.3. The number of nitrogens with one attached hydrogen (secondary N) is 2. The summed E-state index contributed by atoms with van der Waals surface area (Å²) in [6, 6.07) is 12.2. The molecule has 2 rings (SSSR count). The molecule has 2 aromatic rings. The van der Waals surface area contributed by atoms with E-state index in [0.29, 0.717) is 16.5 Å². The van der Waals surface area contributed by atoms with E-state index in [1.165, 1.54) is 0 Å². The van der Waals surface area contributed by atoms with E-state index in [1.807, 2.05) is 0 Å². The first-order chi connectivity index (χ1) is 10.4. The van der Waals surface area contributed by atoms with Crippen LogP contribution >= 0.6 is 11.6 Å². The van der Waals surface area contributed by atoms with Crippen molar-refractivity contribution in [1.82, 2.24) is 0 Å². The van der Waals surface area contributed by atoms with Gasteiger partial charge in [0, 0.05) is 16.4 Å². The molecule has 0 aliphatic heterocycles. The van der Waals surface area contributed by atoms with Crippen LogP contribution in [-0.4, -0.2) is 21.3 Å². The van der Waals surface area contributed by atoms with Gasteiger partial charge in [0.25, 0.3) is 0 Å². The van der Waals surface area contributed by atoms with Crippen LogP contribution in [0.25, 0.3) is 0 Å². The molecular weight excluding hydrogens is 324 g/mol. The average Bonchev–Trinajstić information content (AvgIpc) is 2.49. The van der Waals surface area contributed by atoms with E-state index in [9.17, 15) is 8.42 Å². The van der Waals surface area contributed by atoms with Crippen molar-refractivity contribution in [2.24, 2.45) is 0 Å². The molecule has 0 aliphatic carbocycles. The van der Waals surface area contributed by atoms with E-state index in [0.717, 1.165) is 11.4 Å². The van der Waals surface area contributed by atoms with E-state index < -0.39 is 10.0 Å². The van der Waals surface area contributed by atoms with Crippen molar-refractivity contribution in [1.29, 1.82) is 0 Å². The van der Waals surface area contributed by atoms with Crippen molar-refractivity contribution in [3.8, 4) is 5.75 Å². The van der Waals surface area contributed by atoms with E-state index in [1.54, 1.807) is 56.5 Å². The maximum Gasteiger partial charge on any atom is 0.232 e. The van der Waals surface area contributed by atoms with E-state index in [2.05, 4.69) is 10.0 Å². The molecule has 7 heteroatoms. The highest BCUT2D eigenvalue weighted by atomic mass is 35.5. The predicted octanol–water partition coefficient (Wildman–Crippen LogP) is 3.85. The second-order valence-electron chi connectivity index (χ2n) is 4.55. The Morgan fingerprint density at radius 1 is 1.09 bits per heavy atom. The fourth-order valence-corrected chi connectivity index (χ4v) is 2.62. The molecule has 2 aromatic carbocycles. The Morgan fingerprint density at radius 3 is 2.32 bits per heavy atom. The molecule has 0 aliphatic rings. The zero-order chi connectivity index (χ0) is 16.2. The van der Waals surface area contributed by atoms with Crippen molar-refractivity contribution in [3.05, 3.63) is 47.5 Å². The monoisotopic (exact) mass is 340 g/mol. The Hall–Kier alpha value is -1.92. The number of halogens is 1. The summed E-state index contributed by atoms with van der Waals surface area (Å²) in [6.07, 6.45) is 0. The maximum absolute atomic E-state index is 11.5. The van der Waals surface area contributed by atoms with Crippen LogP contribution in [0.5, 0.6) is 5.75 Å². The maximum atomic E-state index is 11.5. The number of ether oxygens (including phenoxy) is 1. The first-order valence-electron chi connectivity index (χ1n) is 6.64. The first kappa shape index (κ1) is 16.5. The molecule has 5 nitrogen and oxygen atoms in total. The summed E-state index contributed by atoms with van der Waals surface area (Å²) in [6.45, 7) is 1.59. The lowest BCUT2D eigenvalue weighted by Crippen LogP contribution is -2.14. The quantitative estimate of drug-likeness (QED) is 0.838. The minimum absolute atomic E-state index is 0.0344. The van der Waals surface area contributed by atoms with Gasteiger partial charge in [-0.2, -0.15) is 0 Å². The van der Waals surface area contributed by atoms with Crippen LogP contribution in [0.3, 0.4) is 0 Å². The Labute approximate surface area is 135 Å². The average molecular weight is 341 g/mol. The molecule has 0 amide bonds. The molecule has 0 fully saturated rings. The largest absolute Gasteiger partial charge is 0.495 e. The molecule has 2 N–H and O–H groups in total. The molecular formula is C15H17ClN2O3S. The topological polar surface area (TPSA) is 67.4 Å². The number of methoxy groups -OCH3 is 1. The third kappa shape index (κ3) is 4.29. The summed E-state index contributed by atoms with van der Waals surface area (Å²) in [5.41, 5.74) is 2.04. The van der Waals surface area contributed by atoms with Gasteiger partial charge in [-0.25, -0.2) is 8.42 Å². The Balaban J connectivity index is 2.17. The Bertz CT molecular complexity index is 746. The van der Waals surface area contributed by atoms with Gasteiger partial charge in [-0.05, 0) is 49.4 Å². The van der Waals surface area contributed by atoms with Crippen molar-refractivity contribution >= 4 is 38.7 Å². The lowest BCUT2D eigenvalue weighted by atomic mass is 10.2. The normalized spacial score (nSPS) is 11.0. The van der Waals surface area contributed by atoms with Crippen LogP contribution in [-0.2, 0) is 10.0 Å². The fraction of sp³-hybridized carbons (Fsp3) is 0.200. The van der Waals surface area contributed by atoms with E-state index in [4.69, 9.17) is 16.3 Å². The molecule has 0 atom stereocenters. The van der Waals surface area contributed by atoms with Crippen LogP contribution in [0.4, 0.5) is 17.1 Å². The summed E-state index contributed by atoms with van der Waals surface area (Å²) in [5.74, 6) is 0.701. The lowest BCUT2D eigenvalue weighted by molar-refractivity contribution is 0.417. The van der Waals surface area contributed by atoms with Crippen LogP contribution in [0, 0.1) is 0 Å². The van der Waals surface area contributed by atoms with Gasteiger partial charge in [0.1, 0.15) is 5.75 Å². The smallest absolute Gasteiger partial charge is 0.232 e. The molecule has 22 heavy (non-hydrogen) atoms. The summed E-state index contributed by atoms with van der Waals surface area (Å²) in [7, 11) is -1.69. The van der Waals surface area contributed by atoms with Crippen LogP contribution in [0.1, 0.15) is 6.92 Å². The number of benzene rings is 2. The molecule has 0 unspecified atom stereocenters. The summed E-state index contributed by atoms with van der Waals surface area (Å²) in [4.78, 5) is 0. The summed E-state index contributed by atoms with van der Waals surface area (Å²) < 4.78 is 30.8. The van der Waals surface area contributed by atoms with Crippen molar-refractivity contribution in [3.63, 3.8) is 0 Å². The standard InChI is InChI=1S/C15H17ClN2O3S/c1-3-22(19,20)18-13-7-5-12(6-8-13)17-14-10-11(16)4-9-15(14)21-2/h4-10,17-18H,3H2,1-2H3. The van der Waals surface area contributed by atoms with Gasteiger partial charge in [0.05, 0.1) is 18.6 Å². The van der Waals surface area contributed by atoms with Gasteiger partial charge < -0.3 is 10.1 Å². The molecule has 118 valence electrons. The van der Waals surface area contributed by atoms with Gasteiger partial charge in [-0.1, -0.05) is 11.6 Å². The second-order valence-corrected chi connectivity index (χ2v) is 7.00. The highest BCUT2D eigenvalue weighted by Crippen LogP contribution is 2.30. The van der Waals surface area contributed by atoms with Gasteiger partial charge in [-0.15, -0.1) is 0 Å². The predicted molar refractivity (Wildman–Crippen MR) is 90.8 cm³/mol. The van der Waals surface area contributed by atoms with E-state index in [-0.39, 0.29) is 5.75 Å². The number of hydrogen-bond donors (Lipinski definition) is 2. The molecule has 0 heterocycles. The highest BCUT2D eigenvalue weighted by molar-refractivity contribution is 7.92. The number of hydrogen-bond acceptors (Lipinski definition) is 4. The molecule has 0 aromatic heterocycles. The van der Waals surface area contributed by atoms with Crippen LogP contribution < -0.4 is 14.8 Å². The SMILES string of the molecule is CCS(=O)(=O)Nc1ccc(Nc2cc(Cl)ccc2OC)cc1. The Kier molecular flexibility index (Phi) is 5.15. The molecule has 0 saturated carbocycles. The molecule has 0 spiro atoms. The minimum atomic E-state index is -3.27. The third-order valence-electron chi connectivity index (χ3n) is 2.98. The van der Waals surface area contributed by atoms with Crippen LogP contribution in [0.15, 0.2) is 42.5 Å². The van der Waals surface area contributed by atoms with E-state index >= 15 is 0 Å². The molecule has 0 radical (unpaired) electrons. The number of rotatable bonds is 6. The number of anilines is 3. The summed E-state index contributed by atoms with van der Waals surface area (Å²) >= 11 is 5.98. The second kappa shape index (κ2) is 6.89. The summed E-state index contributed by atoms with van der Waals surface area (Å²) in [5, 5.41) is 3.77. The highest BCUT2D eigenvalue weighted by Gasteiger charge is 2.07.